The van der Waals surface area contributed by atoms with Crippen molar-refractivity contribution in [1.82, 2.24) is 9.78 Å². The maximum atomic E-state index is 12.4. The standard InChI is InChI=1S/C17H12N2O6/c20-15(25-10-5-6-13-14(7-10)24-9-23-13)8-19-17(22)12-4-2-1-3-11(12)16(21)18-19/h1-7H,8-9H2,(H,18,21). The molecule has 4 rings (SSSR count). The molecule has 0 saturated heterocycles. The minimum absolute atomic E-state index is 0.112. The second-order valence-electron chi connectivity index (χ2n) is 5.37. The molecule has 25 heavy (non-hydrogen) atoms. The van der Waals surface area contributed by atoms with E-state index in [0.717, 1.165) is 4.68 Å². The molecule has 2 aromatic carbocycles. The Morgan fingerprint density at radius 2 is 1.84 bits per heavy atom. The highest BCUT2D eigenvalue weighted by atomic mass is 16.7. The van der Waals surface area contributed by atoms with E-state index in [-0.39, 0.29) is 23.3 Å². The Balaban J connectivity index is 1.59. The average Bonchev–Trinajstić information content (AvgIpc) is 3.07. The molecule has 0 spiro atoms. The van der Waals surface area contributed by atoms with Crippen LogP contribution >= 0.6 is 0 Å². The molecule has 1 aliphatic rings. The zero-order valence-corrected chi connectivity index (χ0v) is 12.9. The van der Waals surface area contributed by atoms with Gasteiger partial charge in [-0.1, -0.05) is 12.1 Å². The lowest BCUT2D eigenvalue weighted by Crippen LogP contribution is -2.33. The Bertz CT molecular complexity index is 1100. The van der Waals surface area contributed by atoms with E-state index in [4.69, 9.17) is 14.2 Å². The van der Waals surface area contributed by atoms with Crippen LogP contribution < -0.4 is 25.3 Å². The van der Waals surface area contributed by atoms with Gasteiger partial charge in [-0.25, -0.2) is 9.48 Å². The van der Waals surface area contributed by atoms with Crippen LogP contribution in [0.25, 0.3) is 10.8 Å². The number of hydrogen-bond acceptors (Lipinski definition) is 6. The quantitative estimate of drug-likeness (QED) is 0.564. The highest BCUT2D eigenvalue weighted by Gasteiger charge is 2.16. The van der Waals surface area contributed by atoms with Gasteiger partial charge in [-0.05, 0) is 24.3 Å². The third-order valence-electron chi connectivity index (χ3n) is 3.75. The lowest BCUT2D eigenvalue weighted by molar-refractivity contribution is -0.135. The summed E-state index contributed by atoms with van der Waals surface area (Å²) >= 11 is 0. The highest BCUT2D eigenvalue weighted by Crippen LogP contribution is 2.35. The van der Waals surface area contributed by atoms with Gasteiger partial charge in [-0.3, -0.25) is 14.7 Å². The molecule has 0 aliphatic carbocycles. The molecule has 1 N–H and O–H groups in total. The predicted molar refractivity (Wildman–Crippen MR) is 87.0 cm³/mol. The minimum Gasteiger partial charge on any atom is -0.454 e. The van der Waals surface area contributed by atoms with Gasteiger partial charge in [0.05, 0.1) is 10.8 Å². The van der Waals surface area contributed by atoms with Crippen molar-refractivity contribution in [3.05, 3.63) is 63.2 Å². The lowest BCUT2D eigenvalue weighted by atomic mass is 10.2. The fourth-order valence-corrected chi connectivity index (χ4v) is 2.59. The highest BCUT2D eigenvalue weighted by molar-refractivity contribution is 5.80. The van der Waals surface area contributed by atoms with E-state index in [9.17, 15) is 14.4 Å². The predicted octanol–water partition coefficient (Wildman–Crippen LogP) is 1.02. The molecule has 0 amide bonds. The summed E-state index contributed by atoms with van der Waals surface area (Å²) in [6.07, 6.45) is 0. The number of carbonyl (C=O) groups excluding carboxylic acids is 1. The van der Waals surface area contributed by atoms with Crippen molar-refractivity contribution in [3.8, 4) is 17.2 Å². The molecule has 0 unspecified atom stereocenters. The summed E-state index contributed by atoms with van der Waals surface area (Å²) in [4.78, 5) is 36.5. The maximum absolute atomic E-state index is 12.4. The Morgan fingerprint density at radius 3 is 2.68 bits per heavy atom. The summed E-state index contributed by atoms with van der Waals surface area (Å²) in [7, 11) is 0. The van der Waals surface area contributed by atoms with Gasteiger partial charge in [0.15, 0.2) is 11.5 Å². The van der Waals surface area contributed by atoms with E-state index < -0.39 is 23.6 Å². The number of carbonyl (C=O) groups is 1. The number of aromatic amines is 1. The van der Waals surface area contributed by atoms with Crippen molar-refractivity contribution in [2.45, 2.75) is 6.54 Å². The molecule has 1 aliphatic heterocycles. The van der Waals surface area contributed by atoms with Crippen LogP contribution in [-0.4, -0.2) is 22.5 Å². The van der Waals surface area contributed by atoms with Crippen molar-refractivity contribution in [3.63, 3.8) is 0 Å². The first-order chi connectivity index (χ1) is 12.1. The fourth-order valence-electron chi connectivity index (χ4n) is 2.59. The van der Waals surface area contributed by atoms with E-state index in [1.54, 1.807) is 30.3 Å². The third kappa shape index (κ3) is 2.74. The molecule has 0 saturated carbocycles. The second kappa shape index (κ2) is 5.82. The van der Waals surface area contributed by atoms with Crippen LogP contribution in [0.5, 0.6) is 17.2 Å². The molecule has 0 bridgehead atoms. The molecule has 0 atom stereocenters. The van der Waals surface area contributed by atoms with Crippen LogP contribution in [0.2, 0.25) is 0 Å². The van der Waals surface area contributed by atoms with Crippen LogP contribution in [0.1, 0.15) is 0 Å². The Kier molecular flexibility index (Phi) is 3.50. The molecule has 126 valence electrons. The maximum Gasteiger partial charge on any atom is 0.333 e. The number of fused-ring (bicyclic) bond motifs is 2. The minimum atomic E-state index is -0.702. The van der Waals surface area contributed by atoms with Crippen molar-refractivity contribution in [2.75, 3.05) is 6.79 Å². The van der Waals surface area contributed by atoms with Gasteiger partial charge in [0, 0.05) is 6.07 Å². The van der Waals surface area contributed by atoms with Crippen molar-refractivity contribution in [2.24, 2.45) is 0 Å². The van der Waals surface area contributed by atoms with E-state index in [1.807, 2.05) is 0 Å². The van der Waals surface area contributed by atoms with Gasteiger partial charge in [-0.2, -0.15) is 0 Å². The molecular formula is C17H12N2O6. The summed E-state index contributed by atoms with van der Waals surface area (Å²) < 4.78 is 16.5. The molecule has 8 heteroatoms. The Morgan fingerprint density at radius 1 is 1.08 bits per heavy atom. The van der Waals surface area contributed by atoms with Gasteiger partial charge in [-0.15, -0.1) is 0 Å². The molecule has 0 radical (unpaired) electrons. The number of rotatable bonds is 3. The molecule has 0 fully saturated rings. The Labute approximate surface area is 140 Å². The largest absolute Gasteiger partial charge is 0.454 e. The first-order valence-electron chi connectivity index (χ1n) is 7.44. The third-order valence-corrected chi connectivity index (χ3v) is 3.75. The summed E-state index contributed by atoms with van der Waals surface area (Å²) in [6.45, 7) is -0.312. The molecule has 2 heterocycles. The summed E-state index contributed by atoms with van der Waals surface area (Å²) in [6, 6.07) is 11.1. The molecule has 3 aromatic rings. The normalized spacial score (nSPS) is 12.3. The van der Waals surface area contributed by atoms with E-state index in [2.05, 4.69) is 5.10 Å². The van der Waals surface area contributed by atoms with E-state index in [1.165, 1.54) is 12.1 Å². The van der Waals surface area contributed by atoms with Crippen LogP contribution in [-0.2, 0) is 11.3 Å². The van der Waals surface area contributed by atoms with Crippen LogP contribution in [0.4, 0.5) is 0 Å². The smallest absolute Gasteiger partial charge is 0.333 e. The van der Waals surface area contributed by atoms with Gasteiger partial charge < -0.3 is 14.2 Å². The SMILES string of the molecule is O=C(Cn1[nH]c(=O)c2ccccc2c1=O)Oc1ccc2c(c1)OCO2. The number of esters is 1. The van der Waals surface area contributed by atoms with Crippen molar-refractivity contribution in [1.29, 1.82) is 0 Å². The van der Waals surface area contributed by atoms with Gasteiger partial charge in [0.1, 0.15) is 12.3 Å². The number of benzene rings is 2. The zero-order valence-electron chi connectivity index (χ0n) is 12.9. The fraction of sp³-hybridized carbons (Fsp3) is 0.118. The monoisotopic (exact) mass is 340 g/mol. The molecular weight excluding hydrogens is 328 g/mol. The van der Waals surface area contributed by atoms with E-state index >= 15 is 0 Å². The number of hydrogen-bond donors (Lipinski definition) is 1. The number of ether oxygens (including phenoxy) is 3. The summed E-state index contributed by atoms with van der Waals surface area (Å²) in [5.41, 5.74) is -0.927. The Hall–Kier alpha value is -3.55. The van der Waals surface area contributed by atoms with Crippen molar-refractivity contribution < 1.29 is 19.0 Å². The lowest BCUT2D eigenvalue weighted by Gasteiger charge is -2.08. The van der Waals surface area contributed by atoms with Gasteiger partial charge in [0.25, 0.3) is 11.1 Å². The zero-order chi connectivity index (χ0) is 17.4. The van der Waals surface area contributed by atoms with Crippen molar-refractivity contribution >= 4 is 16.7 Å². The summed E-state index contributed by atoms with van der Waals surface area (Å²) in [5, 5.41) is 2.89. The number of nitrogens with one attached hydrogen (secondary N) is 1. The van der Waals surface area contributed by atoms with Crippen LogP contribution in [0.3, 0.4) is 0 Å². The number of nitrogens with zero attached hydrogens (tertiary/aromatic N) is 1. The van der Waals surface area contributed by atoms with Crippen LogP contribution in [0, 0.1) is 0 Å². The number of H-pyrrole nitrogens is 1. The molecule has 1 aromatic heterocycles. The number of aromatic nitrogens is 2. The first-order valence-corrected chi connectivity index (χ1v) is 7.44. The first kappa shape index (κ1) is 15.0. The van der Waals surface area contributed by atoms with E-state index in [0.29, 0.717) is 11.5 Å². The molecule has 8 nitrogen and oxygen atoms in total. The van der Waals surface area contributed by atoms with Gasteiger partial charge >= 0.3 is 5.97 Å². The summed E-state index contributed by atoms with van der Waals surface area (Å²) in [5.74, 6) is 0.591. The second-order valence-corrected chi connectivity index (χ2v) is 5.37. The van der Waals surface area contributed by atoms with Gasteiger partial charge in [0.2, 0.25) is 6.79 Å². The van der Waals surface area contributed by atoms with Crippen LogP contribution in [0.15, 0.2) is 52.1 Å². The topological polar surface area (TPSA) is 99.6 Å². The average molecular weight is 340 g/mol.